The number of rotatable bonds is 3. The minimum Gasteiger partial charge on any atom is -0.455 e. The first-order valence-electron chi connectivity index (χ1n) is 27.9. The third kappa shape index (κ3) is 6.43. The van der Waals surface area contributed by atoms with Crippen molar-refractivity contribution in [3.8, 4) is 33.4 Å². The number of aryl methyl sites for hydroxylation is 13. The maximum Gasteiger partial charge on any atom is 0.138 e. The fraction of sp³-hybridized carbons (Fsp3) is 0.378. The molecule has 10 rings (SSSR count). The van der Waals surface area contributed by atoms with Gasteiger partial charge in [-0.3, -0.25) is 0 Å². The molecule has 386 valence electrons. The zero-order valence-corrected chi connectivity index (χ0v) is 51.4. The molecule has 0 bridgehead atoms. The van der Waals surface area contributed by atoms with E-state index in [9.17, 15) is 0 Å². The molecule has 0 spiro atoms. The molecular weight excluding hydrogens is 905 g/mol. The summed E-state index contributed by atoms with van der Waals surface area (Å²) >= 11 is 0. The molecule has 9 aromatic carbocycles. The normalized spacial score (nSPS) is 12.3. The van der Waals surface area contributed by atoms with Gasteiger partial charge in [0.2, 0.25) is 0 Å². The summed E-state index contributed by atoms with van der Waals surface area (Å²) in [5.41, 5.74) is 48.7. The van der Waals surface area contributed by atoms with Crippen molar-refractivity contribution in [3.05, 3.63) is 156 Å². The van der Waals surface area contributed by atoms with E-state index in [0.29, 0.717) is 0 Å². The van der Waals surface area contributed by atoms with E-state index in [2.05, 4.69) is 194 Å². The first kappa shape index (κ1) is 52.3. The topological polar surface area (TPSA) is 13.1 Å². The third-order valence-electron chi connectivity index (χ3n) is 21.8. The summed E-state index contributed by atoms with van der Waals surface area (Å²) in [7, 11) is 0. The van der Waals surface area contributed by atoms with Crippen molar-refractivity contribution in [1.82, 2.24) is 0 Å². The molecule has 0 saturated heterocycles. The first-order chi connectivity index (χ1) is 35.0. The summed E-state index contributed by atoms with van der Waals surface area (Å²) in [6, 6.07) is 0. The number of benzene rings is 9. The Balaban J connectivity index is 1.55. The van der Waals surface area contributed by atoms with Crippen molar-refractivity contribution in [3.63, 3.8) is 0 Å². The molecule has 0 atom stereocenters. The molecule has 0 aliphatic heterocycles. The van der Waals surface area contributed by atoms with Gasteiger partial charge in [-0.1, -0.05) is 0 Å². The zero-order valence-electron chi connectivity index (χ0n) is 51.4. The van der Waals surface area contributed by atoms with Crippen molar-refractivity contribution >= 4 is 65.0 Å². The van der Waals surface area contributed by atoms with Crippen LogP contribution in [0.2, 0.25) is 0 Å². The Morgan fingerprint density at radius 2 is 0.293 bits per heavy atom. The van der Waals surface area contributed by atoms with Crippen LogP contribution >= 0.6 is 0 Å². The SMILES string of the molecule is Cc1c(C)c(C)c2c(oc3c(C)c(C)c(-c4c5c(C)c(C)c(C)c(C)c5c(-c5c(C)c(C)c(-c6c(C)c(C)c(C)c7c(C)c(C)c(C)c(C)c67)c6c(C)c(C)c(C)c(C)c56)c5c(C)c(C)c(C)c(C)c45)c(C)c32)c1C. The lowest BCUT2D eigenvalue weighted by atomic mass is 9.71. The molecule has 0 unspecified atom stereocenters. The van der Waals surface area contributed by atoms with Gasteiger partial charge in [-0.25, -0.2) is 0 Å². The molecule has 1 aromatic heterocycles. The highest BCUT2D eigenvalue weighted by molar-refractivity contribution is 6.30. The molecule has 0 radical (unpaired) electrons. The van der Waals surface area contributed by atoms with Gasteiger partial charge in [-0.2, -0.15) is 0 Å². The third-order valence-corrected chi connectivity index (χ3v) is 21.8. The van der Waals surface area contributed by atoms with E-state index in [4.69, 9.17) is 4.42 Å². The van der Waals surface area contributed by atoms with E-state index >= 15 is 0 Å². The maximum absolute atomic E-state index is 7.10. The molecule has 0 fully saturated rings. The maximum atomic E-state index is 7.10. The first-order valence-corrected chi connectivity index (χ1v) is 27.9. The van der Waals surface area contributed by atoms with Gasteiger partial charge in [0.25, 0.3) is 0 Å². The molecule has 1 heterocycles. The second-order valence-electron chi connectivity index (χ2n) is 24.3. The van der Waals surface area contributed by atoms with Crippen molar-refractivity contribution < 1.29 is 4.42 Å². The highest BCUT2D eigenvalue weighted by Gasteiger charge is 2.34. The summed E-state index contributed by atoms with van der Waals surface area (Å²) in [5.74, 6) is 0. The number of hydrogen-bond acceptors (Lipinski definition) is 1. The molecular formula is C74H84O. The van der Waals surface area contributed by atoms with Crippen LogP contribution in [0.1, 0.15) is 156 Å². The summed E-state index contributed by atoms with van der Waals surface area (Å²) in [4.78, 5) is 0. The fourth-order valence-corrected chi connectivity index (χ4v) is 14.9. The van der Waals surface area contributed by atoms with Crippen molar-refractivity contribution in [2.45, 2.75) is 194 Å². The van der Waals surface area contributed by atoms with Crippen molar-refractivity contribution in [1.29, 1.82) is 0 Å². The summed E-state index contributed by atoms with van der Waals surface area (Å²) < 4.78 is 7.10. The van der Waals surface area contributed by atoms with Gasteiger partial charge in [-0.15, -0.1) is 0 Å². The van der Waals surface area contributed by atoms with Crippen LogP contribution in [0.25, 0.3) is 98.4 Å². The van der Waals surface area contributed by atoms with Gasteiger partial charge < -0.3 is 4.42 Å². The Bertz CT molecular complexity index is 4280. The summed E-state index contributed by atoms with van der Waals surface area (Å²) in [6.45, 7) is 66.6. The highest BCUT2D eigenvalue weighted by Crippen LogP contribution is 2.58. The molecule has 0 saturated carbocycles. The van der Waals surface area contributed by atoms with E-state index in [0.717, 1.165) is 11.2 Å². The summed E-state index contributed by atoms with van der Waals surface area (Å²) in [6.07, 6.45) is 0. The van der Waals surface area contributed by atoms with E-state index in [1.54, 1.807) is 0 Å². The Labute approximate surface area is 450 Å². The highest BCUT2D eigenvalue weighted by atomic mass is 16.3. The standard InChI is InChI=1S/C74H84O/c1-29-30(2)42(14)59-57(40(29)12)41(13)39(11)49(21)60(59)63-51(23)52(24)68(62-44(16)32(4)31(3)43(15)61(62)63)72-66-47(19)35(7)33(5)45(17)64(66)71(65-46(18)34(6)36(8)48(20)67(65)72)58-53(25)55(27)74-70(56(58)28)69-50(22)37(9)38(10)54(26)73(69)75-74/h1-28H3. The fourth-order valence-electron chi connectivity index (χ4n) is 14.9. The van der Waals surface area contributed by atoms with Crippen LogP contribution in [-0.2, 0) is 0 Å². The lowest BCUT2D eigenvalue weighted by Crippen LogP contribution is -2.08. The lowest BCUT2D eigenvalue weighted by Gasteiger charge is -2.32. The summed E-state index contributed by atoms with van der Waals surface area (Å²) in [5, 5.41) is 13.8. The average molecular weight is 989 g/mol. The monoisotopic (exact) mass is 989 g/mol. The van der Waals surface area contributed by atoms with Crippen LogP contribution in [0.4, 0.5) is 0 Å². The number of fused-ring (bicyclic) bond motifs is 7. The van der Waals surface area contributed by atoms with E-state index < -0.39 is 0 Å². The average Bonchev–Trinajstić information content (AvgIpc) is 3.84. The predicted molar refractivity (Wildman–Crippen MR) is 333 cm³/mol. The van der Waals surface area contributed by atoms with Gasteiger partial charge in [0.05, 0.1) is 0 Å². The minimum atomic E-state index is 1.03. The van der Waals surface area contributed by atoms with Crippen LogP contribution in [0.15, 0.2) is 4.42 Å². The lowest BCUT2D eigenvalue weighted by molar-refractivity contribution is 0.661. The smallest absolute Gasteiger partial charge is 0.138 e. The van der Waals surface area contributed by atoms with E-state index in [-0.39, 0.29) is 0 Å². The predicted octanol–water partition coefficient (Wildman–Crippen LogP) is 21.8. The molecule has 75 heavy (non-hydrogen) atoms. The van der Waals surface area contributed by atoms with Crippen LogP contribution in [0.5, 0.6) is 0 Å². The van der Waals surface area contributed by atoms with Crippen LogP contribution in [-0.4, -0.2) is 0 Å². The Morgan fingerprint density at radius 1 is 0.120 bits per heavy atom. The number of hydrogen-bond donors (Lipinski definition) is 0. The van der Waals surface area contributed by atoms with Crippen molar-refractivity contribution in [2.24, 2.45) is 0 Å². The minimum absolute atomic E-state index is 1.03. The molecule has 0 aliphatic carbocycles. The van der Waals surface area contributed by atoms with Crippen molar-refractivity contribution in [2.75, 3.05) is 0 Å². The van der Waals surface area contributed by atoms with E-state index in [1.807, 2.05) is 0 Å². The van der Waals surface area contributed by atoms with Gasteiger partial charge in [-0.05, 0) is 426 Å². The van der Waals surface area contributed by atoms with Crippen LogP contribution in [0.3, 0.4) is 0 Å². The number of furan rings is 1. The Morgan fingerprint density at radius 3 is 0.627 bits per heavy atom. The van der Waals surface area contributed by atoms with Gasteiger partial charge in [0, 0.05) is 10.8 Å². The molecule has 0 aliphatic rings. The van der Waals surface area contributed by atoms with Crippen LogP contribution < -0.4 is 0 Å². The molecule has 10 aromatic rings. The quantitative estimate of drug-likeness (QED) is 0.161. The Hall–Kier alpha value is -6.18. The van der Waals surface area contributed by atoms with Gasteiger partial charge in [0.15, 0.2) is 0 Å². The van der Waals surface area contributed by atoms with Crippen LogP contribution in [0, 0.1) is 194 Å². The molecule has 0 N–H and O–H groups in total. The zero-order chi connectivity index (χ0) is 55.3. The molecule has 0 amide bonds. The van der Waals surface area contributed by atoms with Gasteiger partial charge >= 0.3 is 0 Å². The molecule has 1 nitrogen and oxygen atoms in total. The van der Waals surface area contributed by atoms with E-state index in [1.165, 1.54) is 243 Å². The second-order valence-corrected chi connectivity index (χ2v) is 24.3. The molecule has 1 heteroatoms. The largest absolute Gasteiger partial charge is 0.455 e. The van der Waals surface area contributed by atoms with Gasteiger partial charge in [0.1, 0.15) is 11.2 Å². The Kier molecular flexibility index (Phi) is 12.0. The second kappa shape index (κ2) is 17.2.